The van der Waals surface area contributed by atoms with E-state index >= 15 is 0 Å². The molecule has 1 saturated heterocycles. The van der Waals surface area contributed by atoms with E-state index in [0.717, 1.165) is 25.4 Å². The molecule has 0 unspecified atom stereocenters. The molecule has 0 amide bonds. The van der Waals surface area contributed by atoms with Gasteiger partial charge in [-0.05, 0) is 32.0 Å². The zero-order valence-corrected chi connectivity index (χ0v) is 12.8. The van der Waals surface area contributed by atoms with Crippen molar-refractivity contribution in [1.82, 2.24) is 15.2 Å². The van der Waals surface area contributed by atoms with E-state index < -0.39 is 0 Å². The van der Waals surface area contributed by atoms with Gasteiger partial charge in [-0.2, -0.15) is 0 Å². The summed E-state index contributed by atoms with van der Waals surface area (Å²) < 4.78 is 5.93. The van der Waals surface area contributed by atoms with Gasteiger partial charge < -0.3 is 10.1 Å². The Hall–Kier alpha value is -1.13. The highest BCUT2D eigenvalue weighted by Crippen LogP contribution is 2.16. The summed E-state index contributed by atoms with van der Waals surface area (Å²) in [4.78, 5) is 6.66. The SMILES string of the molecule is CC(C)NCc1ccncc1OCCN1CCCCC1. The van der Waals surface area contributed by atoms with E-state index in [-0.39, 0.29) is 0 Å². The van der Waals surface area contributed by atoms with Crippen LogP contribution in [-0.4, -0.2) is 42.2 Å². The van der Waals surface area contributed by atoms with Crippen LogP contribution in [0.5, 0.6) is 5.75 Å². The first-order chi connectivity index (χ1) is 9.75. The molecule has 2 heterocycles. The summed E-state index contributed by atoms with van der Waals surface area (Å²) in [6, 6.07) is 2.51. The molecule has 2 rings (SSSR count). The number of hydrogen-bond donors (Lipinski definition) is 1. The smallest absolute Gasteiger partial charge is 0.142 e. The van der Waals surface area contributed by atoms with Gasteiger partial charge in [0, 0.05) is 30.9 Å². The Kier molecular flexibility index (Phi) is 6.27. The van der Waals surface area contributed by atoms with E-state index in [2.05, 4.69) is 29.0 Å². The molecule has 0 aromatic carbocycles. The van der Waals surface area contributed by atoms with E-state index in [9.17, 15) is 0 Å². The number of rotatable bonds is 7. The molecule has 4 nitrogen and oxygen atoms in total. The minimum atomic E-state index is 0.476. The lowest BCUT2D eigenvalue weighted by atomic mass is 10.1. The molecule has 1 aliphatic rings. The molecule has 0 atom stereocenters. The van der Waals surface area contributed by atoms with Crippen molar-refractivity contribution in [3.8, 4) is 5.75 Å². The number of nitrogens with zero attached hydrogens (tertiary/aromatic N) is 2. The molecule has 1 aromatic heterocycles. The Morgan fingerprint density at radius 1 is 1.30 bits per heavy atom. The van der Waals surface area contributed by atoms with Crippen LogP contribution in [0.2, 0.25) is 0 Å². The molecular formula is C16H27N3O. The number of aromatic nitrogens is 1. The van der Waals surface area contributed by atoms with Crippen LogP contribution in [0.1, 0.15) is 38.7 Å². The second kappa shape index (κ2) is 8.22. The average molecular weight is 277 g/mol. The first-order valence-electron chi connectivity index (χ1n) is 7.77. The number of nitrogens with one attached hydrogen (secondary N) is 1. The van der Waals surface area contributed by atoms with Gasteiger partial charge in [-0.3, -0.25) is 9.88 Å². The standard InChI is InChI=1S/C16H27N3O/c1-14(2)18-12-15-6-7-17-13-16(15)20-11-10-19-8-4-3-5-9-19/h6-7,13-14,18H,3-5,8-12H2,1-2H3. The third kappa shape index (κ3) is 5.10. The zero-order valence-electron chi connectivity index (χ0n) is 12.8. The molecule has 0 spiro atoms. The minimum absolute atomic E-state index is 0.476. The molecule has 0 aliphatic carbocycles. The van der Waals surface area contributed by atoms with Crippen LogP contribution in [0.25, 0.3) is 0 Å². The highest BCUT2D eigenvalue weighted by molar-refractivity contribution is 5.29. The van der Waals surface area contributed by atoms with Gasteiger partial charge in [0.25, 0.3) is 0 Å². The van der Waals surface area contributed by atoms with E-state index in [4.69, 9.17) is 4.74 Å². The molecular weight excluding hydrogens is 250 g/mol. The second-order valence-corrected chi connectivity index (χ2v) is 5.77. The Morgan fingerprint density at radius 3 is 2.85 bits per heavy atom. The average Bonchev–Trinajstić information content (AvgIpc) is 2.47. The van der Waals surface area contributed by atoms with Crippen LogP contribution in [0.15, 0.2) is 18.5 Å². The molecule has 20 heavy (non-hydrogen) atoms. The molecule has 1 aromatic rings. The first kappa shape index (κ1) is 15.3. The van der Waals surface area contributed by atoms with Gasteiger partial charge in [-0.1, -0.05) is 20.3 Å². The van der Waals surface area contributed by atoms with Crippen molar-refractivity contribution in [2.24, 2.45) is 0 Å². The summed E-state index contributed by atoms with van der Waals surface area (Å²) in [5.41, 5.74) is 1.19. The molecule has 0 radical (unpaired) electrons. The Bertz CT molecular complexity index is 389. The van der Waals surface area contributed by atoms with Gasteiger partial charge in [0.1, 0.15) is 12.4 Å². The highest BCUT2D eigenvalue weighted by atomic mass is 16.5. The van der Waals surface area contributed by atoms with E-state index in [1.165, 1.54) is 37.9 Å². The summed E-state index contributed by atoms with van der Waals surface area (Å²) in [5.74, 6) is 0.914. The second-order valence-electron chi connectivity index (χ2n) is 5.77. The van der Waals surface area contributed by atoms with Gasteiger partial charge in [0.2, 0.25) is 0 Å². The maximum Gasteiger partial charge on any atom is 0.142 e. The van der Waals surface area contributed by atoms with Crippen molar-refractivity contribution in [2.75, 3.05) is 26.2 Å². The maximum atomic E-state index is 5.93. The number of hydrogen-bond acceptors (Lipinski definition) is 4. The summed E-state index contributed by atoms with van der Waals surface area (Å²) in [6.45, 7) is 9.35. The summed E-state index contributed by atoms with van der Waals surface area (Å²) >= 11 is 0. The third-order valence-electron chi connectivity index (χ3n) is 3.68. The van der Waals surface area contributed by atoms with Gasteiger partial charge in [-0.25, -0.2) is 0 Å². The molecule has 4 heteroatoms. The monoisotopic (exact) mass is 277 g/mol. The van der Waals surface area contributed by atoms with Gasteiger partial charge in [-0.15, -0.1) is 0 Å². The topological polar surface area (TPSA) is 37.4 Å². The normalized spacial score (nSPS) is 16.6. The molecule has 112 valence electrons. The molecule has 1 N–H and O–H groups in total. The quantitative estimate of drug-likeness (QED) is 0.830. The van der Waals surface area contributed by atoms with E-state index in [1.54, 1.807) is 0 Å². The summed E-state index contributed by atoms with van der Waals surface area (Å²) in [5, 5.41) is 3.42. The number of piperidine rings is 1. The first-order valence-corrected chi connectivity index (χ1v) is 7.77. The van der Waals surface area contributed by atoms with Crippen LogP contribution in [-0.2, 0) is 6.54 Å². The van der Waals surface area contributed by atoms with Crippen molar-refractivity contribution in [2.45, 2.75) is 45.7 Å². The van der Waals surface area contributed by atoms with Crippen LogP contribution in [0, 0.1) is 0 Å². The fraction of sp³-hybridized carbons (Fsp3) is 0.688. The molecule has 0 bridgehead atoms. The summed E-state index contributed by atoms with van der Waals surface area (Å²) in [6.07, 6.45) is 7.69. The molecule has 1 fully saturated rings. The van der Waals surface area contributed by atoms with Crippen molar-refractivity contribution in [1.29, 1.82) is 0 Å². The van der Waals surface area contributed by atoms with E-state index in [1.807, 2.05) is 18.5 Å². The zero-order chi connectivity index (χ0) is 14.2. The number of pyridine rings is 1. The highest BCUT2D eigenvalue weighted by Gasteiger charge is 2.10. The van der Waals surface area contributed by atoms with Crippen molar-refractivity contribution in [3.63, 3.8) is 0 Å². The number of ether oxygens (including phenoxy) is 1. The number of likely N-dealkylation sites (tertiary alicyclic amines) is 1. The van der Waals surface area contributed by atoms with Crippen LogP contribution in [0.4, 0.5) is 0 Å². The Balaban J connectivity index is 1.79. The molecule has 1 aliphatic heterocycles. The van der Waals surface area contributed by atoms with Gasteiger partial charge in [0.05, 0.1) is 6.20 Å². The predicted octanol–water partition coefficient (Wildman–Crippen LogP) is 2.44. The fourth-order valence-corrected chi connectivity index (χ4v) is 2.47. The third-order valence-corrected chi connectivity index (χ3v) is 3.68. The summed E-state index contributed by atoms with van der Waals surface area (Å²) in [7, 11) is 0. The predicted molar refractivity (Wildman–Crippen MR) is 82.0 cm³/mol. The lowest BCUT2D eigenvalue weighted by molar-refractivity contribution is 0.182. The van der Waals surface area contributed by atoms with Crippen molar-refractivity contribution < 1.29 is 4.74 Å². The van der Waals surface area contributed by atoms with Gasteiger partial charge >= 0.3 is 0 Å². The van der Waals surface area contributed by atoms with Crippen molar-refractivity contribution >= 4 is 0 Å². The Labute approximate surface area is 122 Å². The van der Waals surface area contributed by atoms with Crippen LogP contribution >= 0.6 is 0 Å². The maximum absolute atomic E-state index is 5.93. The van der Waals surface area contributed by atoms with E-state index in [0.29, 0.717) is 6.04 Å². The molecule has 0 saturated carbocycles. The fourth-order valence-electron chi connectivity index (χ4n) is 2.47. The lowest BCUT2D eigenvalue weighted by Crippen LogP contribution is -2.33. The Morgan fingerprint density at radius 2 is 2.10 bits per heavy atom. The van der Waals surface area contributed by atoms with Crippen molar-refractivity contribution in [3.05, 3.63) is 24.0 Å². The largest absolute Gasteiger partial charge is 0.490 e. The van der Waals surface area contributed by atoms with Crippen LogP contribution < -0.4 is 10.1 Å². The minimum Gasteiger partial charge on any atom is -0.490 e. The lowest BCUT2D eigenvalue weighted by Gasteiger charge is -2.26. The van der Waals surface area contributed by atoms with Gasteiger partial charge in [0.15, 0.2) is 0 Å². The van der Waals surface area contributed by atoms with Crippen LogP contribution in [0.3, 0.4) is 0 Å².